The van der Waals surface area contributed by atoms with Gasteiger partial charge < -0.3 is 9.84 Å². The van der Waals surface area contributed by atoms with Crippen LogP contribution in [-0.4, -0.2) is 59.8 Å². The van der Waals surface area contributed by atoms with Crippen LogP contribution in [0.25, 0.3) is 0 Å². The maximum Gasteiger partial charge on any atom is 0.385 e. The smallest absolute Gasteiger partial charge is 0.385 e. The second-order valence-corrected chi connectivity index (χ2v) is 7.53. The number of halogens is 12. The van der Waals surface area contributed by atoms with Gasteiger partial charge in [0.2, 0.25) is 0 Å². The number of aliphatic hydroxyl groups is 1. The van der Waals surface area contributed by atoms with Crippen molar-refractivity contribution in [1.82, 2.24) is 0 Å². The van der Waals surface area contributed by atoms with E-state index in [0.717, 1.165) is 0 Å². The van der Waals surface area contributed by atoms with Gasteiger partial charge in [-0.05, 0) is 31.4 Å². The van der Waals surface area contributed by atoms with Gasteiger partial charge in [0.25, 0.3) is 0 Å². The highest BCUT2D eigenvalue weighted by atomic mass is 19.4. The van der Waals surface area contributed by atoms with Crippen molar-refractivity contribution in [2.75, 3.05) is 13.2 Å². The molecule has 210 valence electrons. The Kier molecular flexibility index (Phi) is 11.6. The maximum absolute atomic E-state index is 13.8. The average molecular weight is 552 g/mol. The molecular formula is C21H24F12O3. The van der Waals surface area contributed by atoms with E-state index in [2.05, 4.69) is 11.3 Å². The number of hydrogen-bond acceptors (Lipinski definition) is 3. The standard InChI is InChI=1S/C21H24F12O3/c1-3-4-5-6-7-10-16(22,23)18(26,27)20(30,31)21(32,33)19(28,29)17(24,25)11-8-9-12-36-15(35)14(2)13-34/h7-8,10-11,34H,2-6,9,12-13H2,1H3/b10-7+,11-8+. The molecule has 0 atom stereocenters. The molecule has 0 aliphatic heterocycles. The van der Waals surface area contributed by atoms with Gasteiger partial charge >= 0.3 is 41.5 Å². The van der Waals surface area contributed by atoms with Crippen LogP contribution in [0.4, 0.5) is 52.7 Å². The molecule has 0 rings (SSSR count). The summed E-state index contributed by atoms with van der Waals surface area (Å²) in [4.78, 5) is 11.1. The van der Waals surface area contributed by atoms with Crippen LogP contribution in [0.3, 0.4) is 0 Å². The third-order valence-electron chi connectivity index (χ3n) is 4.65. The Labute approximate surface area is 198 Å². The molecule has 0 aromatic heterocycles. The van der Waals surface area contributed by atoms with E-state index in [1.807, 2.05) is 0 Å². The summed E-state index contributed by atoms with van der Waals surface area (Å²) in [7, 11) is 0. The number of alkyl halides is 12. The van der Waals surface area contributed by atoms with Gasteiger partial charge in [-0.25, -0.2) is 4.79 Å². The summed E-state index contributed by atoms with van der Waals surface area (Å²) >= 11 is 0. The predicted octanol–water partition coefficient (Wildman–Crippen LogP) is 6.97. The number of unbranched alkanes of at least 4 members (excludes halogenated alkanes) is 3. The molecule has 0 radical (unpaired) electrons. The van der Waals surface area contributed by atoms with Gasteiger partial charge in [0.05, 0.1) is 18.8 Å². The van der Waals surface area contributed by atoms with Gasteiger partial charge in [-0.2, -0.15) is 52.7 Å². The predicted molar refractivity (Wildman–Crippen MR) is 104 cm³/mol. The van der Waals surface area contributed by atoms with Gasteiger partial charge in [0, 0.05) is 0 Å². The van der Waals surface area contributed by atoms with Crippen molar-refractivity contribution in [1.29, 1.82) is 0 Å². The summed E-state index contributed by atoms with van der Waals surface area (Å²) in [5.74, 6) is -43.4. The third-order valence-corrected chi connectivity index (χ3v) is 4.65. The van der Waals surface area contributed by atoms with E-state index >= 15 is 0 Å². The average Bonchev–Trinajstić information content (AvgIpc) is 2.77. The summed E-state index contributed by atoms with van der Waals surface area (Å²) in [6.45, 7) is 2.99. The topological polar surface area (TPSA) is 46.5 Å². The van der Waals surface area contributed by atoms with Crippen molar-refractivity contribution in [2.24, 2.45) is 0 Å². The van der Waals surface area contributed by atoms with Gasteiger partial charge in [-0.15, -0.1) is 0 Å². The summed E-state index contributed by atoms with van der Waals surface area (Å²) in [6.07, 6.45) is -1.82. The van der Waals surface area contributed by atoms with E-state index in [9.17, 15) is 57.5 Å². The number of rotatable bonds is 16. The minimum absolute atomic E-state index is 0.0249. The molecule has 0 fully saturated rings. The Morgan fingerprint density at radius 2 is 1.17 bits per heavy atom. The van der Waals surface area contributed by atoms with Crippen LogP contribution in [-0.2, 0) is 9.53 Å². The fourth-order valence-electron chi connectivity index (χ4n) is 2.38. The molecule has 15 heteroatoms. The van der Waals surface area contributed by atoms with Gasteiger partial charge in [-0.1, -0.05) is 38.5 Å². The van der Waals surface area contributed by atoms with Crippen LogP contribution in [0.5, 0.6) is 0 Å². The Morgan fingerprint density at radius 3 is 1.56 bits per heavy atom. The first-order valence-corrected chi connectivity index (χ1v) is 10.3. The van der Waals surface area contributed by atoms with Crippen molar-refractivity contribution < 1.29 is 67.3 Å². The second-order valence-electron chi connectivity index (χ2n) is 7.53. The minimum Gasteiger partial charge on any atom is -0.462 e. The first-order chi connectivity index (χ1) is 16.2. The van der Waals surface area contributed by atoms with Crippen LogP contribution < -0.4 is 0 Å². The molecule has 0 bridgehead atoms. The van der Waals surface area contributed by atoms with Crippen LogP contribution in [0.1, 0.15) is 39.0 Å². The molecule has 0 unspecified atom stereocenters. The number of ether oxygens (including phenoxy) is 1. The van der Waals surface area contributed by atoms with Crippen LogP contribution >= 0.6 is 0 Å². The van der Waals surface area contributed by atoms with Crippen molar-refractivity contribution in [3.8, 4) is 0 Å². The molecule has 0 spiro atoms. The number of esters is 1. The number of allylic oxidation sites excluding steroid dienone is 3. The Bertz CT molecular complexity index is 804. The second kappa shape index (κ2) is 12.4. The third kappa shape index (κ3) is 6.97. The van der Waals surface area contributed by atoms with Crippen molar-refractivity contribution in [3.05, 3.63) is 36.5 Å². The Morgan fingerprint density at radius 1 is 0.750 bits per heavy atom. The molecule has 3 nitrogen and oxygen atoms in total. The highest BCUT2D eigenvalue weighted by molar-refractivity contribution is 5.87. The Hall–Kier alpha value is -2.19. The van der Waals surface area contributed by atoms with E-state index in [4.69, 9.17) is 5.11 Å². The summed E-state index contributed by atoms with van der Waals surface area (Å²) in [6, 6.07) is 0. The van der Waals surface area contributed by atoms with E-state index < -0.39 is 78.9 Å². The van der Waals surface area contributed by atoms with Crippen LogP contribution in [0.15, 0.2) is 36.5 Å². The first kappa shape index (κ1) is 33.8. The molecular weight excluding hydrogens is 528 g/mol. The quantitative estimate of drug-likeness (QED) is 0.0740. The molecule has 0 aliphatic rings. The van der Waals surface area contributed by atoms with Crippen LogP contribution in [0, 0.1) is 0 Å². The lowest BCUT2D eigenvalue weighted by molar-refractivity contribution is -0.415. The zero-order valence-electron chi connectivity index (χ0n) is 18.8. The molecule has 0 amide bonds. The van der Waals surface area contributed by atoms with Crippen molar-refractivity contribution in [2.45, 2.75) is 74.6 Å². The minimum atomic E-state index is -7.66. The molecule has 36 heavy (non-hydrogen) atoms. The fraction of sp³-hybridized carbons (Fsp3) is 0.667. The number of hydrogen-bond donors (Lipinski definition) is 1. The molecule has 1 N–H and O–H groups in total. The lowest BCUT2D eigenvalue weighted by atomic mass is 9.91. The van der Waals surface area contributed by atoms with Gasteiger partial charge in [-0.3, -0.25) is 0 Å². The monoisotopic (exact) mass is 552 g/mol. The zero-order chi connectivity index (χ0) is 28.6. The molecule has 0 saturated heterocycles. The molecule has 0 heterocycles. The summed E-state index contributed by atoms with van der Waals surface area (Å²) < 4.78 is 170. The lowest BCUT2D eigenvalue weighted by Crippen LogP contribution is -2.70. The Balaban J connectivity index is 5.78. The number of carbonyl (C=O) groups excluding carboxylic acids is 1. The zero-order valence-corrected chi connectivity index (χ0v) is 18.8. The van der Waals surface area contributed by atoms with E-state index in [1.165, 1.54) is 0 Å². The summed E-state index contributed by atoms with van der Waals surface area (Å²) in [5.41, 5.74) is -0.494. The van der Waals surface area contributed by atoms with Crippen molar-refractivity contribution in [3.63, 3.8) is 0 Å². The molecule has 0 aromatic carbocycles. The SMILES string of the molecule is C=C(CO)C(=O)OCC/C=C/C(F)(F)C(F)(F)C(F)(F)C(F)(F)C(F)(F)C(F)(F)/C=C/CCCCC. The number of carbonyl (C=O) groups is 1. The van der Waals surface area contributed by atoms with Gasteiger partial charge in [0.1, 0.15) is 0 Å². The van der Waals surface area contributed by atoms with Gasteiger partial charge in [0.15, 0.2) is 0 Å². The normalized spacial score (nSPS) is 14.6. The maximum atomic E-state index is 13.8. The fourth-order valence-corrected chi connectivity index (χ4v) is 2.38. The molecule has 0 saturated carbocycles. The largest absolute Gasteiger partial charge is 0.462 e. The van der Waals surface area contributed by atoms with E-state index in [-0.39, 0.29) is 25.0 Å². The lowest BCUT2D eigenvalue weighted by Gasteiger charge is -2.40. The first-order valence-electron chi connectivity index (χ1n) is 10.3. The molecule has 0 aromatic rings. The van der Waals surface area contributed by atoms with Crippen molar-refractivity contribution >= 4 is 5.97 Å². The highest BCUT2D eigenvalue weighted by Crippen LogP contribution is 2.60. The van der Waals surface area contributed by atoms with E-state index in [0.29, 0.717) is 12.8 Å². The number of aliphatic hydroxyl groups excluding tert-OH is 1. The summed E-state index contributed by atoms with van der Waals surface area (Å²) in [5, 5.41) is 8.59. The molecule has 0 aliphatic carbocycles. The van der Waals surface area contributed by atoms with E-state index in [1.54, 1.807) is 6.92 Å². The van der Waals surface area contributed by atoms with Crippen LogP contribution in [0.2, 0.25) is 0 Å². The highest BCUT2D eigenvalue weighted by Gasteiger charge is 2.89.